The summed E-state index contributed by atoms with van der Waals surface area (Å²) in [6.07, 6.45) is 1.45. The summed E-state index contributed by atoms with van der Waals surface area (Å²) in [5.74, 6) is 0.515. The smallest absolute Gasteiger partial charge is 0.237 e. The molecule has 10 heteroatoms. The van der Waals surface area contributed by atoms with E-state index < -0.39 is 5.91 Å². The van der Waals surface area contributed by atoms with Crippen LogP contribution in [0.25, 0.3) is 0 Å². The van der Waals surface area contributed by atoms with Crippen molar-refractivity contribution in [2.45, 2.75) is 18.3 Å². The fourth-order valence-electron chi connectivity index (χ4n) is 2.41. The highest BCUT2D eigenvalue weighted by Crippen LogP contribution is 2.32. The first-order valence-corrected chi connectivity index (χ1v) is 8.81. The number of anilines is 1. The van der Waals surface area contributed by atoms with Gasteiger partial charge < -0.3 is 30.2 Å². The normalized spacial score (nSPS) is 12.7. The molecule has 2 amide bonds. The standard InChI is InChI=1S/C16H18N4O5S/c17-14(22)7-20-11(8-21)6-18-16(20)26-9-15(23)19-10-1-2-12-13(5-10)25-4-3-24-12/h1-2,5-6,21H,3-4,7-9H2,(H2,17,22)(H,19,23). The van der Waals surface area contributed by atoms with E-state index in [0.717, 1.165) is 11.8 Å². The average molecular weight is 378 g/mol. The molecule has 1 aromatic carbocycles. The third kappa shape index (κ3) is 4.27. The summed E-state index contributed by atoms with van der Waals surface area (Å²) in [6.45, 7) is 0.589. The van der Waals surface area contributed by atoms with Gasteiger partial charge in [-0.15, -0.1) is 0 Å². The van der Waals surface area contributed by atoms with Gasteiger partial charge in [-0.2, -0.15) is 0 Å². The molecule has 9 nitrogen and oxygen atoms in total. The number of amides is 2. The number of aliphatic hydroxyl groups is 1. The molecule has 1 aliphatic rings. The topological polar surface area (TPSA) is 129 Å². The molecule has 26 heavy (non-hydrogen) atoms. The first kappa shape index (κ1) is 18.1. The van der Waals surface area contributed by atoms with E-state index in [1.54, 1.807) is 18.2 Å². The van der Waals surface area contributed by atoms with E-state index in [-0.39, 0.29) is 24.8 Å². The predicted octanol–water partition coefficient (Wildman–Crippen LogP) is 0.363. The molecule has 138 valence electrons. The molecular formula is C16H18N4O5S. The highest BCUT2D eigenvalue weighted by molar-refractivity contribution is 7.99. The van der Waals surface area contributed by atoms with E-state index in [0.29, 0.717) is 41.3 Å². The van der Waals surface area contributed by atoms with E-state index in [2.05, 4.69) is 10.3 Å². The minimum absolute atomic E-state index is 0.0785. The quantitative estimate of drug-likeness (QED) is 0.593. The number of primary amides is 1. The molecule has 0 unspecified atom stereocenters. The van der Waals surface area contributed by atoms with Crippen LogP contribution in [0.2, 0.25) is 0 Å². The number of aromatic nitrogens is 2. The SMILES string of the molecule is NC(=O)Cn1c(CO)cnc1SCC(=O)Nc1ccc2c(c1)OCCO2. The zero-order valence-corrected chi connectivity index (χ0v) is 14.6. The zero-order valence-electron chi connectivity index (χ0n) is 13.8. The highest BCUT2D eigenvalue weighted by atomic mass is 32.2. The van der Waals surface area contributed by atoms with Crippen molar-refractivity contribution in [3.05, 3.63) is 30.1 Å². The summed E-state index contributed by atoms with van der Waals surface area (Å²) < 4.78 is 12.4. The monoisotopic (exact) mass is 378 g/mol. The number of nitrogens with two attached hydrogens (primary N) is 1. The number of nitrogens with one attached hydrogen (secondary N) is 1. The van der Waals surface area contributed by atoms with Crippen molar-refractivity contribution in [1.82, 2.24) is 9.55 Å². The van der Waals surface area contributed by atoms with Crippen molar-refractivity contribution in [2.75, 3.05) is 24.3 Å². The molecule has 1 aliphatic heterocycles. The van der Waals surface area contributed by atoms with E-state index in [1.165, 1.54) is 10.8 Å². The fraction of sp³-hybridized carbons (Fsp3) is 0.312. The first-order chi connectivity index (χ1) is 12.6. The molecule has 0 aliphatic carbocycles. The second-order valence-corrected chi connectivity index (χ2v) is 6.38. The molecule has 2 aromatic rings. The van der Waals surface area contributed by atoms with Gasteiger partial charge in [0, 0.05) is 11.8 Å². The Kier molecular flexibility index (Phi) is 5.64. The molecule has 3 rings (SSSR count). The molecule has 1 aromatic heterocycles. The van der Waals surface area contributed by atoms with Crippen LogP contribution in [-0.2, 0) is 22.7 Å². The number of carbonyl (C=O) groups excluding carboxylic acids is 2. The Balaban J connectivity index is 1.61. The van der Waals surface area contributed by atoms with E-state index in [9.17, 15) is 14.7 Å². The number of hydrogen-bond acceptors (Lipinski definition) is 7. The fourth-order valence-corrected chi connectivity index (χ4v) is 3.20. The molecule has 0 saturated carbocycles. The molecule has 0 radical (unpaired) electrons. The van der Waals surface area contributed by atoms with Crippen molar-refractivity contribution in [3.63, 3.8) is 0 Å². The number of carbonyl (C=O) groups is 2. The van der Waals surface area contributed by atoms with Gasteiger partial charge >= 0.3 is 0 Å². The Morgan fingerprint density at radius 2 is 2.08 bits per heavy atom. The van der Waals surface area contributed by atoms with Gasteiger partial charge in [-0.05, 0) is 12.1 Å². The summed E-state index contributed by atoms with van der Waals surface area (Å²) >= 11 is 1.15. The van der Waals surface area contributed by atoms with Crippen molar-refractivity contribution >= 4 is 29.3 Å². The van der Waals surface area contributed by atoms with Crippen LogP contribution < -0.4 is 20.5 Å². The number of aliphatic hydroxyl groups excluding tert-OH is 1. The van der Waals surface area contributed by atoms with Gasteiger partial charge in [0.15, 0.2) is 16.7 Å². The van der Waals surface area contributed by atoms with E-state index in [4.69, 9.17) is 15.2 Å². The third-order valence-corrected chi connectivity index (χ3v) is 4.53. The van der Waals surface area contributed by atoms with Crippen LogP contribution >= 0.6 is 11.8 Å². The van der Waals surface area contributed by atoms with Crippen LogP contribution in [0.3, 0.4) is 0 Å². The Morgan fingerprint density at radius 1 is 1.31 bits per heavy atom. The predicted molar refractivity (Wildman–Crippen MR) is 94.1 cm³/mol. The lowest BCUT2D eigenvalue weighted by molar-refractivity contribution is -0.118. The lowest BCUT2D eigenvalue weighted by atomic mass is 10.2. The second-order valence-electron chi connectivity index (χ2n) is 5.44. The molecule has 0 saturated heterocycles. The molecular weight excluding hydrogens is 360 g/mol. The Morgan fingerprint density at radius 3 is 2.81 bits per heavy atom. The lowest BCUT2D eigenvalue weighted by Crippen LogP contribution is -2.21. The minimum Gasteiger partial charge on any atom is -0.486 e. The molecule has 0 fully saturated rings. The van der Waals surface area contributed by atoms with Gasteiger partial charge in [-0.3, -0.25) is 9.59 Å². The van der Waals surface area contributed by atoms with Crippen molar-refractivity contribution in [1.29, 1.82) is 0 Å². The number of benzene rings is 1. The maximum absolute atomic E-state index is 12.2. The van der Waals surface area contributed by atoms with Crippen molar-refractivity contribution < 1.29 is 24.2 Å². The third-order valence-electron chi connectivity index (χ3n) is 3.54. The number of rotatable bonds is 7. The van der Waals surface area contributed by atoms with Crippen LogP contribution in [0, 0.1) is 0 Å². The zero-order chi connectivity index (χ0) is 18.5. The van der Waals surface area contributed by atoms with Crippen LogP contribution in [-0.4, -0.2) is 45.4 Å². The summed E-state index contributed by atoms with van der Waals surface area (Å²) in [6, 6.07) is 5.17. The number of thioether (sulfide) groups is 1. The van der Waals surface area contributed by atoms with Crippen molar-refractivity contribution in [3.8, 4) is 11.5 Å². The number of ether oxygens (including phenoxy) is 2. The molecule has 0 spiro atoms. The highest BCUT2D eigenvalue weighted by Gasteiger charge is 2.15. The number of nitrogens with zero attached hydrogens (tertiary/aromatic N) is 2. The van der Waals surface area contributed by atoms with Gasteiger partial charge in [0.2, 0.25) is 11.8 Å². The van der Waals surface area contributed by atoms with Crippen LogP contribution in [0.5, 0.6) is 11.5 Å². The minimum atomic E-state index is -0.555. The van der Waals surface area contributed by atoms with E-state index >= 15 is 0 Å². The summed E-state index contributed by atoms with van der Waals surface area (Å²) in [5, 5.41) is 12.5. The summed E-state index contributed by atoms with van der Waals surface area (Å²) in [5.41, 5.74) is 6.26. The van der Waals surface area contributed by atoms with Crippen LogP contribution in [0.15, 0.2) is 29.6 Å². The largest absolute Gasteiger partial charge is 0.486 e. The average Bonchev–Trinajstić information content (AvgIpc) is 3.01. The van der Waals surface area contributed by atoms with Gasteiger partial charge in [-0.1, -0.05) is 11.8 Å². The number of imidazole rings is 1. The van der Waals surface area contributed by atoms with Crippen LogP contribution in [0.4, 0.5) is 5.69 Å². The molecule has 2 heterocycles. The van der Waals surface area contributed by atoms with Crippen LogP contribution in [0.1, 0.15) is 5.69 Å². The van der Waals surface area contributed by atoms with Gasteiger partial charge in [0.1, 0.15) is 19.8 Å². The van der Waals surface area contributed by atoms with Gasteiger partial charge in [0.05, 0.1) is 24.3 Å². The Bertz CT molecular complexity index is 823. The maximum Gasteiger partial charge on any atom is 0.237 e. The number of hydrogen-bond donors (Lipinski definition) is 3. The molecule has 4 N–H and O–H groups in total. The summed E-state index contributed by atoms with van der Waals surface area (Å²) in [7, 11) is 0. The van der Waals surface area contributed by atoms with E-state index in [1.807, 2.05) is 0 Å². The van der Waals surface area contributed by atoms with Crippen molar-refractivity contribution in [2.24, 2.45) is 5.73 Å². The Labute approximate surface area is 153 Å². The lowest BCUT2D eigenvalue weighted by Gasteiger charge is -2.19. The maximum atomic E-state index is 12.2. The first-order valence-electron chi connectivity index (χ1n) is 7.82. The van der Waals surface area contributed by atoms with Gasteiger partial charge in [-0.25, -0.2) is 4.98 Å². The Hall–Kier alpha value is -2.72. The summed E-state index contributed by atoms with van der Waals surface area (Å²) in [4.78, 5) is 27.5. The molecule has 0 bridgehead atoms. The number of fused-ring (bicyclic) bond motifs is 1. The molecule has 0 atom stereocenters. The van der Waals surface area contributed by atoms with Gasteiger partial charge in [0.25, 0.3) is 0 Å². The second kappa shape index (κ2) is 8.11.